The lowest BCUT2D eigenvalue weighted by atomic mass is 9.94. The van der Waals surface area contributed by atoms with Crippen molar-refractivity contribution in [2.24, 2.45) is 11.7 Å². The summed E-state index contributed by atoms with van der Waals surface area (Å²) in [7, 11) is 1.34. The molecular weight excluding hydrogens is 184 g/mol. The van der Waals surface area contributed by atoms with Gasteiger partial charge in [0.25, 0.3) is 0 Å². The molecule has 0 radical (unpaired) electrons. The van der Waals surface area contributed by atoms with Crippen molar-refractivity contribution < 1.29 is 14.3 Å². The van der Waals surface area contributed by atoms with Crippen LogP contribution in [0.4, 0.5) is 4.79 Å². The number of ether oxygens (including phenoxy) is 1. The third kappa shape index (κ3) is 2.45. The highest BCUT2D eigenvalue weighted by Crippen LogP contribution is 2.17. The van der Waals surface area contributed by atoms with Gasteiger partial charge in [0.1, 0.15) is 0 Å². The molecule has 1 amide bonds. The second-order valence-corrected chi connectivity index (χ2v) is 3.43. The topological polar surface area (TPSA) is 72.6 Å². The minimum atomic E-state index is -0.362. The minimum Gasteiger partial charge on any atom is -0.453 e. The van der Waals surface area contributed by atoms with Crippen molar-refractivity contribution in [1.82, 2.24) is 4.90 Å². The molecule has 1 heterocycles. The maximum Gasteiger partial charge on any atom is 0.409 e. The van der Waals surface area contributed by atoms with Crippen LogP contribution in [0, 0.1) is 5.92 Å². The van der Waals surface area contributed by atoms with Crippen molar-refractivity contribution in [3.63, 3.8) is 0 Å². The highest BCUT2D eigenvalue weighted by molar-refractivity contribution is 5.83. The number of Topliss-reactive ketones (excluding diaryl/α,β-unsaturated/α-hetero) is 1. The molecule has 2 N–H and O–H groups in total. The van der Waals surface area contributed by atoms with E-state index in [1.54, 1.807) is 4.90 Å². The summed E-state index contributed by atoms with van der Waals surface area (Å²) in [5.74, 6) is -0.0774. The molecular formula is C9H16N2O3. The fourth-order valence-corrected chi connectivity index (χ4v) is 1.70. The van der Waals surface area contributed by atoms with Gasteiger partial charge in [-0.25, -0.2) is 4.79 Å². The number of ketones is 1. The summed E-state index contributed by atoms with van der Waals surface area (Å²) in [6, 6.07) is 0. The minimum absolute atomic E-state index is 0.0265. The molecule has 0 bridgehead atoms. The molecule has 5 nitrogen and oxygen atoms in total. The van der Waals surface area contributed by atoms with E-state index in [2.05, 4.69) is 4.74 Å². The number of nitrogens with two attached hydrogens (primary N) is 1. The van der Waals surface area contributed by atoms with Crippen LogP contribution in [0.3, 0.4) is 0 Å². The van der Waals surface area contributed by atoms with Crippen LogP contribution < -0.4 is 5.73 Å². The van der Waals surface area contributed by atoms with Crippen molar-refractivity contribution in [2.45, 2.75) is 12.8 Å². The summed E-state index contributed by atoms with van der Waals surface area (Å²) in [4.78, 5) is 24.1. The van der Waals surface area contributed by atoms with Crippen LogP contribution in [-0.4, -0.2) is 43.5 Å². The van der Waals surface area contributed by atoms with Crippen LogP contribution in [0.5, 0.6) is 0 Å². The van der Waals surface area contributed by atoms with E-state index in [1.165, 1.54) is 7.11 Å². The van der Waals surface area contributed by atoms with Crippen molar-refractivity contribution >= 4 is 11.9 Å². The number of carbonyl (C=O) groups excluding carboxylic acids is 2. The van der Waals surface area contributed by atoms with Crippen LogP contribution in [0.25, 0.3) is 0 Å². The van der Waals surface area contributed by atoms with Crippen LogP contribution in [0.1, 0.15) is 12.8 Å². The summed E-state index contributed by atoms with van der Waals surface area (Å²) < 4.78 is 4.60. The van der Waals surface area contributed by atoms with Crippen LogP contribution in [-0.2, 0) is 9.53 Å². The lowest BCUT2D eigenvalue weighted by Gasteiger charge is -2.30. The van der Waals surface area contributed by atoms with Crippen molar-refractivity contribution in [1.29, 1.82) is 0 Å². The standard InChI is InChI=1S/C9H16N2O3/c1-14-9(13)11-4-2-3-7(6-11)8(12)5-10/h7H,2-6,10H2,1H3. The van der Waals surface area contributed by atoms with Crippen molar-refractivity contribution in [2.75, 3.05) is 26.7 Å². The lowest BCUT2D eigenvalue weighted by Crippen LogP contribution is -2.43. The number of nitrogens with zero attached hydrogens (tertiary/aromatic N) is 1. The summed E-state index contributed by atoms with van der Waals surface area (Å²) in [6.07, 6.45) is 1.30. The Hall–Kier alpha value is -1.10. The summed E-state index contributed by atoms with van der Waals surface area (Å²) in [5, 5.41) is 0. The molecule has 1 fully saturated rings. The number of hydrogen-bond donors (Lipinski definition) is 1. The highest BCUT2D eigenvalue weighted by Gasteiger charge is 2.27. The van der Waals surface area contributed by atoms with Crippen molar-refractivity contribution in [3.05, 3.63) is 0 Å². The van der Waals surface area contributed by atoms with Gasteiger partial charge in [-0.05, 0) is 12.8 Å². The maximum absolute atomic E-state index is 11.3. The van der Waals surface area contributed by atoms with E-state index in [1.807, 2.05) is 0 Å². The van der Waals surface area contributed by atoms with Gasteiger partial charge in [0, 0.05) is 19.0 Å². The Balaban J connectivity index is 2.51. The Labute approximate surface area is 83.2 Å². The van der Waals surface area contributed by atoms with Gasteiger partial charge >= 0.3 is 6.09 Å². The smallest absolute Gasteiger partial charge is 0.409 e. The van der Waals surface area contributed by atoms with E-state index in [0.29, 0.717) is 13.1 Å². The number of methoxy groups -OCH3 is 1. The number of rotatable bonds is 2. The third-order valence-corrected chi connectivity index (χ3v) is 2.51. The normalized spacial score (nSPS) is 21.9. The summed E-state index contributed by atoms with van der Waals surface area (Å²) in [6.45, 7) is 1.17. The monoisotopic (exact) mass is 200 g/mol. The Morgan fingerprint density at radius 1 is 1.57 bits per heavy atom. The van der Waals surface area contributed by atoms with E-state index in [4.69, 9.17) is 5.73 Å². The molecule has 1 atom stereocenters. The molecule has 0 aromatic carbocycles. The second kappa shape index (κ2) is 4.95. The van der Waals surface area contributed by atoms with E-state index < -0.39 is 0 Å². The Morgan fingerprint density at radius 2 is 2.29 bits per heavy atom. The van der Waals surface area contributed by atoms with Gasteiger partial charge in [-0.2, -0.15) is 0 Å². The van der Waals surface area contributed by atoms with Crippen LogP contribution in [0.2, 0.25) is 0 Å². The van der Waals surface area contributed by atoms with Gasteiger partial charge in [0.2, 0.25) is 0 Å². The first-order valence-corrected chi connectivity index (χ1v) is 4.74. The molecule has 1 saturated heterocycles. The molecule has 0 saturated carbocycles. The molecule has 0 aromatic heterocycles. The molecule has 1 aliphatic rings. The molecule has 1 rings (SSSR count). The average Bonchev–Trinajstić information content (AvgIpc) is 2.27. The number of carbonyl (C=O) groups is 2. The zero-order chi connectivity index (χ0) is 10.6. The zero-order valence-corrected chi connectivity index (χ0v) is 8.36. The molecule has 0 spiro atoms. The predicted octanol–water partition coefficient (Wildman–Crippen LogP) is -0.00740. The first-order chi connectivity index (χ1) is 6.69. The molecule has 5 heteroatoms. The first kappa shape index (κ1) is 11.0. The second-order valence-electron chi connectivity index (χ2n) is 3.43. The Bertz CT molecular complexity index is 208. The quantitative estimate of drug-likeness (QED) is 0.680. The fourth-order valence-electron chi connectivity index (χ4n) is 1.70. The number of amides is 1. The summed E-state index contributed by atoms with van der Waals surface area (Å²) in [5.41, 5.74) is 5.27. The molecule has 1 unspecified atom stereocenters. The van der Waals surface area contributed by atoms with Gasteiger partial charge in [0.15, 0.2) is 5.78 Å². The number of likely N-dealkylation sites (tertiary alicyclic amines) is 1. The number of piperidine rings is 1. The van der Waals surface area contributed by atoms with Gasteiger partial charge in [0.05, 0.1) is 13.7 Å². The fraction of sp³-hybridized carbons (Fsp3) is 0.778. The van der Waals surface area contributed by atoms with Crippen LogP contribution in [0.15, 0.2) is 0 Å². The van der Waals surface area contributed by atoms with Crippen LogP contribution >= 0.6 is 0 Å². The van der Waals surface area contributed by atoms with Crippen molar-refractivity contribution in [3.8, 4) is 0 Å². The lowest BCUT2D eigenvalue weighted by molar-refractivity contribution is -0.122. The Morgan fingerprint density at radius 3 is 2.86 bits per heavy atom. The maximum atomic E-state index is 11.3. The molecule has 1 aliphatic heterocycles. The number of hydrogen-bond acceptors (Lipinski definition) is 4. The molecule has 80 valence electrons. The third-order valence-electron chi connectivity index (χ3n) is 2.51. The predicted molar refractivity (Wildman–Crippen MR) is 50.8 cm³/mol. The molecule has 14 heavy (non-hydrogen) atoms. The van der Waals surface area contributed by atoms with Gasteiger partial charge in [-0.15, -0.1) is 0 Å². The van der Waals surface area contributed by atoms with E-state index in [-0.39, 0.29) is 24.3 Å². The van der Waals surface area contributed by atoms with E-state index in [9.17, 15) is 9.59 Å². The first-order valence-electron chi connectivity index (χ1n) is 4.74. The highest BCUT2D eigenvalue weighted by atomic mass is 16.5. The average molecular weight is 200 g/mol. The van der Waals surface area contributed by atoms with E-state index >= 15 is 0 Å². The zero-order valence-electron chi connectivity index (χ0n) is 8.36. The van der Waals surface area contributed by atoms with Gasteiger partial charge in [-0.1, -0.05) is 0 Å². The van der Waals surface area contributed by atoms with Gasteiger partial charge < -0.3 is 15.4 Å². The summed E-state index contributed by atoms with van der Waals surface area (Å²) >= 11 is 0. The molecule has 0 aliphatic carbocycles. The SMILES string of the molecule is COC(=O)N1CCCC(C(=O)CN)C1. The largest absolute Gasteiger partial charge is 0.453 e. The van der Waals surface area contributed by atoms with Gasteiger partial charge in [-0.3, -0.25) is 4.79 Å². The Kier molecular flexibility index (Phi) is 3.88. The molecule has 0 aromatic rings. The van der Waals surface area contributed by atoms with E-state index in [0.717, 1.165) is 12.8 Å².